The van der Waals surface area contributed by atoms with Crippen LogP contribution in [0.5, 0.6) is 0 Å². The quantitative estimate of drug-likeness (QED) is 0.591. The SMILES string of the molecule is Cc1ccc(C(CN2CCOCC2)NCC(=O)N(Cc2ccco2)C2CCS(=O)(=O)C2)cc1. The third-order valence-electron chi connectivity index (χ3n) is 6.40. The molecule has 2 fully saturated rings. The van der Waals surface area contributed by atoms with Gasteiger partial charge in [-0.3, -0.25) is 9.69 Å². The Hall–Kier alpha value is -2.20. The van der Waals surface area contributed by atoms with Gasteiger partial charge in [0, 0.05) is 31.7 Å². The average Bonchev–Trinajstić information content (AvgIpc) is 3.45. The number of hydrogen-bond acceptors (Lipinski definition) is 7. The zero-order valence-corrected chi connectivity index (χ0v) is 19.9. The molecule has 33 heavy (non-hydrogen) atoms. The van der Waals surface area contributed by atoms with E-state index in [2.05, 4.69) is 41.4 Å². The largest absolute Gasteiger partial charge is 0.467 e. The topological polar surface area (TPSA) is 92.1 Å². The Morgan fingerprint density at radius 2 is 1.97 bits per heavy atom. The molecule has 1 N–H and O–H groups in total. The minimum Gasteiger partial charge on any atom is -0.467 e. The fourth-order valence-electron chi connectivity index (χ4n) is 4.45. The molecule has 2 atom stereocenters. The second-order valence-electron chi connectivity index (χ2n) is 8.92. The van der Waals surface area contributed by atoms with Crippen molar-refractivity contribution in [1.29, 1.82) is 0 Å². The van der Waals surface area contributed by atoms with E-state index in [0.29, 0.717) is 25.4 Å². The number of sulfone groups is 1. The summed E-state index contributed by atoms with van der Waals surface area (Å²) in [5, 5.41) is 3.45. The lowest BCUT2D eigenvalue weighted by Gasteiger charge is -2.32. The van der Waals surface area contributed by atoms with Gasteiger partial charge in [-0.1, -0.05) is 29.8 Å². The summed E-state index contributed by atoms with van der Waals surface area (Å²) in [6.07, 6.45) is 2.03. The maximum absolute atomic E-state index is 13.3. The number of ether oxygens (including phenoxy) is 1. The second kappa shape index (κ2) is 10.8. The van der Waals surface area contributed by atoms with E-state index >= 15 is 0 Å². The van der Waals surface area contributed by atoms with E-state index in [9.17, 15) is 13.2 Å². The first kappa shape index (κ1) is 23.9. The lowest BCUT2D eigenvalue weighted by molar-refractivity contribution is -0.133. The lowest BCUT2D eigenvalue weighted by atomic mass is 10.0. The van der Waals surface area contributed by atoms with Crippen molar-refractivity contribution in [2.45, 2.75) is 32.0 Å². The van der Waals surface area contributed by atoms with Crippen LogP contribution in [0.4, 0.5) is 0 Å². The monoisotopic (exact) mass is 475 g/mol. The third kappa shape index (κ3) is 6.66. The van der Waals surface area contributed by atoms with Crippen molar-refractivity contribution >= 4 is 15.7 Å². The zero-order chi connectivity index (χ0) is 23.3. The van der Waals surface area contributed by atoms with Crippen molar-refractivity contribution in [3.63, 3.8) is 0 Å². The van der Waals surface area contributed by atoms with Crippen LogP contribution >= 0.6 is 0 Å². The van der Waals surface area contributed by atoms with Gasteiger partial charge in [0.1, 0.15) is 5.76 Å². The van der Waals surface area contributed by atoms with Crippen LogP contribution in [0.3, 0.4) is 0 Å². The van der Waals surface area contributed by atoms with E-state index in [1.54, 1.807) is 17.2 Å². The fraction of sp³-hybridized carbons (Fsp3) is 0.542. The number of nitrogens with one attached hydrogen (secondary N) is 1. The van der Waals surface area contributed by atoms with Gasteiger partial charge in [0.25, 0.3) is 0 Å². The van der Waals surface area contributed by atoms with Gasteiger partial charge >= 0.3 is 0 Å². The summed E-state index contributed by atoms with van der Waals surface area (Å²) in [6.45, 7) is 6.38. The highest BCUT2D eigenvalue weighted by molar-refractivity contribution is 7.91. The highest BCUT2D eigenvalue weighted by Gasteiger charge is 2.35. The molecule has 2 aliphatic heterocycles. The normalized spacial score (nSPS) is 21.7. The summed E-state index contributed by atoms with van der Waals surface area (Å²) in [4.78, 5) is 17.3. The first-order valence-electron chi connectivity index (χ1n) is 11.5. The van der Waals surface area contributed by atoms with Gasteiger partial charge in [0.15, 0.2) is 9.84 Å². The van der Waals surface area contributed by atoms with Crippen LogP contribution in [-0.4, -0.2) is 81.1 Å². The predicted molar refractivity (Wildman–Crippen MR) is 125 cm³/mol. The molecule has 2 unspecified atom stereocenters. The maximum Gasteiger partial charge on any atom is 0.237 e. The first-order chi connectivity index (χ1) is 15.9. The summed E-state index contributed by atoms with van der Waals surface area (Å²) < 4.78 is 35.1. The Bertz CT molecular complexity index is 1000. The number of furan rings is 1. The number of rotatable bonds is 9. The Morgan fingerprint density at radius 3 is 2.61 bits per heavy atom. The molecule has 0 bridgehead atoms. The molecule has 2 saturated heterocycles. The zero-order valence-electron chi connectivity index (χ0n) is 19.1. The molecule has 0 saturated carbocycles. The van der Waals surface area contributed by atoms with Gasteiger partial charge in [-0.15, -0.1) is 0 Å². The molecule has 1 amide bonds. The summed E-state index contributed by atoms with van der Waals surface area (Å²) in [7, 11) is -3.11. The van der Waals surface area contributed by atoms with Crippen LogP contribution in [0.25, 0.3) is 0 Å². The minimum absolute atomic E-state index is 0.00855. The number of morpholine rings is 1. The molecule has 2 aliphatic rings. The Labute approximate surface area is 195 Å². The average molecular weight is 476 g/mol. The van der Waals surface area contributed by atoms with Crippen molar-refractivity contribution < 1.29 is 22.4 Å². The minimum atomic E-state index is -3.11. The number of nitrogens with zero attached hydrogens (tertiary/aromatic N) is 2. The molecule has 0 aliphatic carbocycles. The van der Waals surface area contributed by atoms with Crippen molar-refractivity contribution in [3.8, 4) is 0 Å². The smallest absolute Gasteiger partial charge is 0.237 e. The number of benzene rings is 1. The van der Waals surface area contributed by atoms with Crippen LogP contribution < -0.4 is 5.32 Å². The molecule has 0 spiro atoms. The van der Waals surface area contributed by atoms with E-state index in [0.717, 1.165) is 25.2 Å². The highest BCUT2D eigenvalue weighted by Crippen LogP contribution is 2.21. The van der Waals surface area contributed by atoms with Crippen LogP contribution in [0.2, 0.25) is 0 Å². The van der Waals surface area contributed by atoms with Gasteiger partial charge < -0.3 is 19.4 Å². The number of aryl methyl sites for hydroxylation is 1. The highest BCUT2D eigenvalue weighted by atomic mass is 32.2. The summed E-state index contributed by atoms with van der Waals surface area (Å²) in [5.74, 6) is 0.661. The molecule has 1 aromatic heterocycles. The predicted octanol–water partition coefficient (Wildman–Crippen LogP) is 1.77. The van der Waals surface area contributed by atoms with Gasteiger partial charge in [0.2, 0.25) is 5.91 Å². The molecular weight excluding hydrogens is 442 g/mol. The fourth-order valence-corrected chi connectivity index (χ4v) is 6.18. The molecule has 8 nitrogen and oxygen atoms in total. The number of amides is 1. The molecule has 1 aromatic carbocycles. The van der Waals surface area contributed by atoms with Gasteiger partial charge in [-0.25, -0.2) is 8.42 Å². The van der Waals surface area contributed by atoms with E-state index in [-0.39, 0.29) is 42.6 Å². The Balaban J connectivity index is 1.46. The Kier molecular flexibility index (Phi) is 7.85. The molecule has 0 radical (unpaired) electrons. The maximum atomic E-state index is 13.3. The first-order valence-corrected chi connectivity index (χ1v) is 13.3. The summed E-state index contributed by atoms with van der Waals surface area (Å²) >= 11 is 0. The number of hydrogen-bond donors (Lipinski definition) is 1. The standard InChI is InChI=1S/C24H33N3O5S/c1-19-4-6-20(7-5-19)23(17-26-9-12-31-13-10-26)25-15-24(28)27(16-22-3-2-11-32-22)21-8-14-33(29,30)18-21/h2-7,11,21,23,25H,8-10,12-18H2,1H3. The van der Waals surface area contributed by atoms with Gasteiger partial charge in [-0.05, 0) is 31.0 Å². The van der Waals surface area contributed by atoms with Crippen molar-refractivity contribution in [2.24, 2.45) is 0 Å². The molecule has 4 rings (SSSR count). The summed E-state index contributed by atoms with van der Waals surface area (Å²) in [6, 6.07) is 11.6. The molecule has 3 heterocycles. The number of carbonyl (C=O) groups excluding carboxylic acids is 1. The Morgan fingerprint density at radius 1 is 1.21 bits per heavy atom. The van der Waals surface area contributed by atoms with Crippen LogP contribution in [-0.2, 0) is 25.9 Å². The van der Waals surface area contributed by atoms with Crippen molar-refractivity contribution in [2.75, 3.05) is 50.9 Å². The van der Waals surface area contributed by atoms with Gasteiger partial charge in [0.05, 0.1) is 44.1 Å². The van der Waals surface area contributed by atoms with Gasteiger partial charge in [-0.2, -0.15) is 0 Å². The summed E-state index contributed by atoms with van der Waals surface area (Å²) in [5.41, 5.74) is 2.31. The van der Waals surface area contributed by atoms with Crippen LogP contribution in [0.1, 0.15) is 29.3 Å². The molecule has 2 aromatic rings. The van der Waals surface area contributed by atoms with Crippen molar-refractivity contribution in [1.82, 2.24) is 15.1 Å². The van der Waals surface area contributed by atoms with Crippen molar-refractivity contribution in [3.05, 3.63) is 59.5 Å². The molecule has 180 valence electrons. The van der Waals surface area contributed by atoms with Crippen LogP contribution in [0.15, 0.2) is 47.1 Å². The van der Waals surface area contributed by atoms with E-state index in [1.807, 2.05) is 6.07 Å². The number of carbonyl (C=O) groups is 1. The van der Waals surface area contributed by atoms with E-state index < -0.39 is 9.84 Å². The molecular formula is C24H33N3O5S. The lowest BCUT2D eigenvalue weighted by Crippen LogP contribution is -2.47. The third-order valence-corrected chi connectivity index (χ3v) is 8.15. The second-order valence-corrected chi connectivity index (χ2v) is 11.1. The van der Waals surface area contributed by atoms with E-state index in [4.69, 9.17) is 9.15 Å². The molecule has 9 heteroatoms. The van der Waals surface area contributed by atoms with Crippen LogP contribution in [0, 0.1) is 6.92 Å². The van der Waals surface area contributed by atoms with E-state index in [1.165, 1.54) is 5.56 Å².